The Balaban J connectivity index is 1.92. The van der Waals surface area contributed by atoms with Crippen LogP contribution in [0.15, 0.2) is 39.7 Å². The number of carboxylic acid groups (broad SMARTS) is 1. The number of aryl methyl sites for hydroxylation is 1. The van der Waals surface area contributed by atoms with Gasteiger partial charge in [0.15, 0.2) is 5.58 Å². The van der Waals surface area contributed by atoms with E-state index in [0.29, 0.717) is 17.0 Å². The third-order valence-corrected chi connectivity index (χ3v) is 3.88. The monoisotopic (exact) mass is 363 g/mol. The molecule has 130 valence electrons. The van der Waals surface area contributed by atoms with Gasteiger partial charge < -0.3 is 14.3 Å². The molecule has 1 atom stereocenters. The standard InChI is InChI=1S/C16H14ClN3O5/c1-9(11-3-2-5-18-19-11)24-13-8-14-12(7-10(13)17)20(16(23)25-14)6-4-15(21)22/h2-3,5,7-9H,4,6H2,1H3,(H,21,22)/t9-/m1/s1. The number of aromatic nitrogens is 3. The highest BCUT2D eigenvalue weighted by molar-refractivity contribution is 6.32. The lowest BCUT2D eigenvalue weighted by atomic mass is 10.2. The number of hydrogen-bond donors (Lipinski definition) is 1. The van der Waals surface area contributed by atoms with Gasteiger partial charge in [-0.05, 0) is 25.1 Å². The summed E-state index contributed by atoms with van der Waals surface area (Å²) in [5, 5.41) is 16.8. The van der Waals surface area contributed by atoms with Crippen LogP contribution in [-0.2, 0) is 11.3 Å². The fraction of sp³-hybridized carbons (Fsp3) is 0.250. The average molecular weight is 364 g/mol. The number of halogens is 1. The number of hydrogen-bond acceptors (Lipinski definition) is 6. The van der Waals surface area contributed by atoms with E-state index in [-0.39, 0.29) is 23.6 Å². The lowest BCUT2D eigenvalue weighted by Crippen LogP contribution is -2.16. The molecule has 3 aromatic rings. The number of benzene rings is 1. The van der Waals surface area contributed by atoms with Gasteiger partial charge in [-0.3, -0.25) is 9.36 Å². The second kappa shape index (κ2) is 6.94. The molecular weight excluding hydrogens is 350 g/mol. The molecule has 0 fully saturated rings. The zero-order valence-corrected chi connectivity index (χ0v) is 13.9. The summed E-state index contributed by atoms with van der Waals surface area (Å²) in [7, 11) is 0. The Morgan fingerprint density at radius 1 is 1.48 bits per heavy atom. The van der Waals surface area contributed by atoms with Crippen LogP contribution in [0.5, 0.6) is 5.75 Å². The van der Waals surface area contributed by atoms with Gasteiger partial charge in [0.25, 0.3) is 0 Å². The number of carbonyl (C=O) groups is 1. The fourth-order valence-electron chi connectivity index (χ4n) is 2.36. The van der Waals surface area contributed by atoms with Gasteiger partial charge in [0.1, 0.15) is 17.5 Å². The minimum absolute atomic E-state index is 0.00624. The maximum Gasteiger partial charge on any atom is 0.419 e. The topological polar surface area (TPSA) is 107 Å². The molecule has 0 spiro atoms. The van der Waals surface area contributed by atoms with Crippen molar-refractivity contribution < 1.29 is 19.1 Å². The first-order valence-electron chi connectivity index (χ1n) is 7.44. The average Bonchev–Trinajstić information content (AvgIpc) is 2.88. The van der Waals surface area contributed by atoms with Crippen molar-refractivity contribution in [3.63, 3.8) is 0 Å². The van der Waals surface area contributed by atoms with Crippen molar-refractivity contribution in [2.75, 3.05) is 0 Å². The van der Waals surface area contributed by atoms with Crippen LogP contribution in [0, 0.1) is 0 Å². The van der Waals surface area contributed by atoms with Gasteiger partial charge in [-0.25, -0.2) is 4.79 Å². The zero-order chi connectivity index (χ0) is 18.0. The third kappa shape index (κ3) is 3.63. The van der Waals surface area contributed by atoms with Crippen molar-refractivity contribution in [2.24, 2.45) is 0 Å². The second-order valence-corrected chi connectivity index (χ2v) is 5.73. The Bertz CT molecular complexity index is 967. The van der Waals surface area contributed by atoms with Gasteiger partial charge >= 0.3 is 11.7 Å². The van der Waals surface area contributed by atoms with E-state index in [2.05, 4.69) is 10.2 Å². The van der Waals surface area contributed by atoms with Crippen LogP contribution >= 0.6 is 11.6 Å². The predicted octanol–water partition coefficient (Wildman–Crippen LogP) is 2.65. The molecule has 0 aliphatic rings. The SMILES string of the molecule is C[C@@H](Oc1cc2oc(=O)n(CCC(=O)O)c2cc1Cl)c1cccnn1. The molecule has 0 unspecified atom stereocenters. The molecule has 3 rings (SSSR count). The molecule has 0 bridgehead atoms. The number of nitrogens with zero attached hydrogens (tertiary/aromatic N) is 3. The van der Waals surface area contributed by atoms with E-state index in [1.54, 1.807) is 25.3 Å². The number of oxazole rings is 1. The summed E-state index contributed by atoms with van der Waals surface area (Å²) in [5.41, 5.74) is 1.30. The van der Waals surface area contributed by atoms with Gasteiger partial charge in [-0.1, -0.05) is 11.6 Å². The summed E-state index contributed by atoms with van der Waals surface area (Å²) in [4.78, 5) is 22.6. The van der Waals surface area contributed by atoms with E-state index in [1.807, 2.05) is 0 Å². The van der Waals surface area contributed by atoms with Crippen molar-refractivity contribution in [1.82, 2.24) is 14.8 Å². The fourth-order valence-corrected chi connectivity index (χ4v) is 2.56. The molecule has 25 heavy (non-hydrogen) atoms. The van der Waals surface area contributed by atoms with E-state index < -0.39 is 17.8 Å². The van der Waals surface area contributed by atoms with E-state index in [9.17, 15) is 9.59 Å². The van der Waals surface area contributed by atoms with Crippen LogP contribution in [-0.4, -0.2) is 25.8 Å². The summed E-state index contributed by atoms with van der Waals surface area (Å²) in [6.45, 7) is 1.78. The maximum atomic E-state index is 11.9. The summed E-state index contributed by atoms with van der Waals surface area (Å²) >= 11 is 6.24. The van der Waals surface area contributed by atoms with Crippen molar-refractivity contribution in [3.8, 4) is 5.75 Å². The molecule has 1 N–H and O–H groups in total. The smallest absolute Gasteiger partial charge is 0.419 e. The molecule has 0 aliphatic carbocycles. The van der Waals surface area contributed by atoms with E-state index in [0.717, 1.165) is 0 Å². The molecule has 0 saturated heterocycles. The minimum Gasteiger partial charge on any atom is -0.483 e. The summed E-state index contributed by atoms with van der Waals surface area (Å²) in [6, 6.07) is 6.53. The lowest BCUT2D eigenvalue weighted by Gasteiger charge is -2.14. The summed E-state index contributed by atoms with van der Waals surface area (Å²) < 4.78 is 12.2. The Morgan fingerprint density at radius 2 is 2.28 bits per heavy atom. The quantitative estimate of drug-likeness (QED) is 0.717. The highest BCUT2D eigenvalue weighted by Gasteiger charge is 2.17. The summed E-state index contributed by atoms with van der Waals surface area (Å²) in [6.07, 6.45) is 0.946. The van der Waals surface area contributed by atoms with E-state index >= 15 is 0 Å². The van der Waals surface area contributed by atoms with E-state index in [4.69, 9.17) is 25.9 Å². The number of ether oxygens (including phenoxy) is 1. The Kier molecular flexibility index (Phi) is 4.71. The molecule has 8 nitrogen and oxygen atoms in total. The maximum absolute atomic E-state index is 11.9. The first-order chi connectivity index (χ1) is 12.0. The van der Waals surface area contributed by atoms with Crippen molar-refractivity contribution >= 4 is 28.7 Å². The van der Waals surface area contributed by atoms with Gasteiger partial charge in [-0.2, -0.15) is 10.2 Å². The van der Waals surface area contributed by atoms with Crippen LogP contribution in [0.3, 0.4) is 0 Å². The van der Waals surface area contributed by atoms with Crippen LogP contribution in [0.25, 0.3) is 11.1 Å². The van der Waals surface area contributed by atoms with Crippen molar-refractivity contribution in [2.45, 2.75) is 26.0 Å². The summed E-state index contributed by atoms with van der Waals surface area (Å²) in [5.74, 6) is -1.33. The minimum atomic E-state index is -1.01. The number of rotatable bonds is 6. The molecule has 2 aromatic heterocycles. The molecule has 2 heterocycles. The van der Waals surface area contributed by atoms with Gasteiger partial charge in [0.2, 0.25) is 0 Å². The number of carboxylic acids is 1. The highest BCUT2D eigenvalue weighted by Crippen LogP contribution is 2.32. The molecule has 0 amide bonds. The van der Waals surface area contributed by atoms with Crippen molar-refractivity contribution in [1.29, 1.82) is 0 Å². The first kappa shape index (κ1) is 17.0. The van der Waals surface area contributed by atoms with Gasteiger partial charge in [0, 0.05) is 18.8 Å². The van der Waals surface area contributed by atoms with Crippen LogP contribution < -0.4 is 10.5 Å². The second-order valence-electron chi connectivity index (χ2n) is 5.32. The largest absolute Gasteiger partial charge is 0.483 e. The van der Waals surface area contributed by atoms with Gasteiger partial charge in [-0.15, -0.1) is 0 Å². The number of aliphatic carboxylic acids is 1. The Morgan fingerprint density at radius 3 is 2.96 bits per heavy atom. The predicted molar refractivity (Wildman–Crippen MR) is 88.8 cm³/mol. The zero-order valence-electron chi connectivity index (χ0n) is 13.2. The Hall–Kier alpha value is -2.87. The first-order valence-corrected chi connectivity index (χ1v) is 7.82. The lowest BCUT2D eigenvalue weighted by molar-refractivity contribution is -0.137. The normalized spacial score (nSPS) is 12.2. The molecule has 9 heteroatoms. The van der Waals surface area contributed by atoms with Crippen molar-refractivity contribution in [3.05, 3.63) is 51.7 Å². The molecule has 1 aromatic carbocycles. The Labute approximate surface area is 146 Å². The third-order valence-electron chi connectivity index (χ3n) is 3.58. The highest BCUT2D eigenvalue weighted by atomic mass is 35.5. The van der Waals surface area contributed by atoms with Gasteiger partial charge in [0.05, 0.1) is 17.0 Å². The van der Waals surface area contributed by atoms with Crippen LogP contribution in [0.2, 0.25) is 5.02 Å². The van der Waals surface area contributed by atoms with Crippen LogP contribution in [0.4, 0.5) is 0 Å². The molecule has 0 radical (unpaired) electrons. The number of fused-ring (bicyclic) bond motifs is 1. The molecule has 0 aliphatic heterocycles. The van der Waals surface area contributed by atoms with Crippen LogP contribution in [0.1, 0.15) is 25.1 Å². The van der Waals surface area contributed by atoms with E-state index in [1.165, 1.54) is 16.7 Å². The molecular formula is C16H14ClN3O5. The molecule has 0 saturated carbocycles.